The highest BCUT2D eigenvalue weighted by atomic mass is 79.9. The van der Waals surface area contributed by atoms with E-state index in [0.29, 0.717) is 15.9 Å². The zero-order valence-electron chi connectivity index (χ0n) is 8.54. The number of benzene rings is 1. The van der Waals surface area contributed by atoms with Crippen LogP contribution in [-0.2, 0) is 6.61 Å². The summed E-state index contributed by atoms with van der Waals surface area (Å²) in [6.45, 7) is 2.05. The minimum Gasteiger partial charge on any atom is -0.486 e. The molecule has 0 unspecified atom stereocenters. The summed E-state index contributed by atoms with van der Waals surface area (Å²) in [5.41, 5.74) is 0.675. The minimum absolute atomic E-state index is 0.249. The van der Waals surface area contributed by atoms with Crippen molar-refractivity contribution in [1.29, 1.82) is 0 Å². The van der Waals surface area contributed by atoms with E-state index >= 15 is 0 Å². The molecule has 0 radical (unpaired) electrons. The van der Waals surface area contributed by atoms with Gasteiger partial charge in [-0.2, -0.15) is 0 Å². The summed E-state index contributed by atoms with van der Waals surface area (Å²) in [7, 11) is 0. The van der Waals surface area contributed by atoms with Gasteiger partial charge < -0.3 is 9.26 Å². The Morgan fingerprint density at radius 1 is 1.44 bits per heavy atom. The van der Waals surface area contributed by atoms with E-state index in [1.54, 1.807) is 19.1 Å². The number of hydrogen-bond acceptors (Lipinski definition) is 3. The summed E-state index contributed by atoms with van der Waals surface area (Å²) in [6, 6.07) is 6.04. The molecule has 84 valence electrons. The summed E-state index contributed by atoms with van der Waals surface area (Å²) in [4.78, 5) is 0. The van der Waals surface area contributed by atoms with Crippen LogP contribution in [0.2, 0.25) is 0 Å². The quantitative estimate of drug-likeness (QED) is 0.866. The number of ether oxygens (including phenoxy) is 1. The van der Waals surface area contributed by atoms with Crippen LogP contribution in [0.15, 0.2) is 33.3 Å². The summed E-state index contributed by atoms with van der Waals surface area (Å²) >= 11 is 3.27. The molecule has 5 heteroatoms. The van der Waals surface area contributed by atoms with Crippen molar-refractivity contribution in [3.8, 4) is 5.75 Å². The Balaban J connectivity index is 2.07. The minimum atomic E-state index is -0.338. The van der Waals surface area contributed by atoms with Crippen molar-refractivity contribution >= 4 is 15.9 Å². The second-order valence-corrected chi connectivity index (χ2v) is 4.15. The zero-order chi connectivity index (χ0) is 11.5. The van der Waals surface area contributed by atoms with Crippen LogP contribution in [0, 0.1) is 12.7 Å². The average molecular weight is 286 g/mol. The highest BCUT2D eigenvalue weighted by Crippen LogP contribution is 2.26. The molecule has 0 saturated carbocycles. The molecule has 0 aliphatic carbocycles. The van der Waals surface area contributed by atoms with Crippen molar-refractivity contribution in [3.05, 3.63) is 46.0 Å². The van der Waals surface area contributed by atoms with Gasteiger partial charge in [-0.3, -0.25) is 0 Å². The van der Waals surface area contributed by atoms with Crippen LogP contribution in [0.25, 0.3) is 0 Å². The van der Waals surface area contributed by atoms with E-state index in [2.05, 4.69) is 21.1 Å². The van der Waals surface area contributed by atoms with Crippen LogP contribution in [0.4, 0.5) is 4.39 Å². The molecule has 1 aromatic carbocycles. The molecule has 0 bridgehead atoms. The number of aromatic nitrogens is 1. The molecule has 2 aromatic rings. The van der Waals surface area contributed by atoms with Gasteiger partial charge in [0, 0.05) is 12.1 Å². The molecular weight excluding hydrogens is 277 g/mol. The Morgan fingerprint density at radius 2 is 2.25 bits per heavy atom. The molecule has 1 aromatic heterocycles. The van der Waals surface area contributed by atoms with E-state index < -0.39 is 0 Å². The molecule has 0 aliphatic rings. The van der Waals surface area contributed by atoms with E-state index in [1.165, 1.54) is 12.1 Å². The number of nitrogens with zero attached hydrogens (tertiary/aromatic N) is 1. The zero-order valence-corrected chi connectivity index (χ0v) is 10.1. The second-order valence-electron chi connectivity index (χ2n) is 3.29. The van der Waals surface area contributed by atoms with Crippen molar-refractivity contribution in [2.45, 2.75) is 13.5 Å². The van der Waals surface area contributed by atoms with Gasteiger partial charge in [0.05, 0.1) is 4.47 Å². The van der Waals surface area contributed by atoms with Crippen molar-refractivity contribution in [2.24, 2.45) is 0 Å². The second kappa shape index (κ2) is 4.65. The Bertz CT molecular complexity index is 498. The number of rotatable bonds is 3. The molecule has 2 rings (SSSR count). The fourth-order valence-corrected chi connectivity index (χ4v) is 1.59. The lowest BCUT2D eigenvalue weighted by Crippen LogP contribution is -1.96. The topological polar surface area (TPSA) is 35.3 Å². The number of halogens is 2. The summed E-state index contributed by atoms with van der Waals surface area (Å²) in [6.07, 6.45) is 0. The van der Waals surface area contributed by atoms with Gasteiger partial charge in [-0.25, -0.2) is 4.39 Å². The SMILES string of the molecule is Cc1cc(COc2cc(F)ccc2Br)no1. The molecule has 0 spiro atoms. The third-order valence-corrected chi connectivity index (χ3v) is 2.60. The lowest BCUT2D eigenvalue weighted by Gasteiger charge is -2.05. The lowest BCUT2D eigenvalue weighted by molar-refractivity contribution is 0.285. The summed E-state index contributed by atoms with van der Waals surface area (Å²) in [5, 5.41) is 3.77. The van der Waals surface area contributed by atoms with Gasteiger partial charge in [-0.05, 0) is 35.0 Å². The summed E-state index contributed by atoms with van der Waals surface area (Å²) in [5.74, 6) is 0.826. The molecule has 0 amide bonds. The number of hydrogen-bond donors (Lipinski definition) is 0. The third-order valence-electron chi connectivity index (χ3n) is 1.95. The Labute approximate surface area is 100 Å². The predicted molar refractivity (Wildman–Crippen MR) is 59.7 cm³/mol. The molecule has 3 nitrogen and oxygen atoms in total. The van der Waals surface area contributed by atoms with Gasteiger partial charge >= 0.3 is 0 Å². The van der Waals surface area contributed by atoms with Gasteiger partial charge in [0.15, 0.2) is 0 Å². The number of aryl methyl sites for hydroxylation is 1. The maximum atomic E-state index is 12.9. The van der Waals surface area contributed by atoms with Crippen LogP contribution >= 0.6 is 15.9 Å². The normalized spacial score (nSPS) is 10.4. The first-order valence-electron chi connectivity index (χ1n) is 4.65. The van der Waals surface area contributed by atoms with E-state index in [9.17, 15) is 4.39 Å². The van der Waals surface area contributed by atoms with Crippen molar-refractivity contribution in [1.82, 2.24) is 5.16 Å². The molecule has 16 heavy (non-hydrogen) atoms. The monoisotopic (exact) mass is 285 g/mol. The molecule has 0 aliphatic heterocycles. The van der Waals surface area contributed by atoms with Gasteiger partial charge in [-0.15, -0.1) is 0 Å². The maximum absolute atomic E-state index is 12.9. The van der Waals surface area contributed by atoms with Crippen LogP contribution < -0.4 is 4.74 Å². The third kappa shape index (κ3) is 2.61. The highest BCUT2D eigenvalue weighted by molar-refractivity contribution is 9.10. The molecule has 0 N–H and O–H groups in total. The first kappa shape index (κ1) is 11.1. The highest BCUT2D eigenvalue weighted by Gasteiger charge is 2.05. The van der Waals surface area contributed by atoms with Crippen LogP contribution in [0.1, 0.15) is 11.5 Å². The van der Waals surface area contributed by atoms with Crippen LogP contribution in [-0.4, -0.2) is 5.16 Å². The maximum Gasteiger partial charge on any atom is 0.136 e. The van der Waals surface area contributed by atoms with Gasteiger partial charge in [0.2, 0.25) is 0 Å². The summed E-state index contributed by atoms with van der Waals surface area (Å²) < 4.78 is 23.9. The Hall–Kier alpha value is -1.36. The average Bonchev–Trinajstić information content (AvgIpc) is 2.66. The van der Waals surface area contributed by atoms with Crippen molar-refractivity contribution in [3.63, 3.8) is 0 Å². The standard InChI is InChI=1S/C11H9BrFNO2/c1-7-4-9(14-16-7)6-15-11-5-8(13)2-3-10(11)12/h2-5H,6H2,1H3. The molecular formula is C11H9BrFNO2. The smallest absolute Gasteiger partial charge is 0.136 e. The van der Waals surface area contributed by atoms with E-state index in [4.69, 9.17) is 9.26 Å². The van der Waals surface area contributed by atoms with E-state index in [1.807, 2.05) is 0 Å². The van der Waals surface area contributed by atoms with Gasteiger partial charge in [0.1, 0.15) is 29.6 Å². The Morgan fingerprint density at radius 3 is 2.94 bits per heavy atom. The van der Waals surface area contributed by atoms with E-state index in [-0.39, 0.29) is 12.4 Å². The van der Waals surface area contributed by atoms with Crippen molar-refractivity contribution < 1.29 is 13.7 Å². The first-order valence-corrected chi connectivity index (χ1v) is 5.44. The van der Waals surface area contributed by atoms with Crippen LogP contribution in [0.3, 0.4) is 0 Å². The van der Waals surface area contributed by atoms with Gasteiger partial charge in [-0.1, -0.05) is 5.16 Å². The van der Waals surface area contributed by atoms with E-state index in [0.717, 1.165) is 5.76 Å². The van der Waals surface area contributed by atoms with Crippen molar-refractivity contribution in [2.75, 3.05) is 0 Å². The molecule has 1 heterocycles. The first-order chi connectivity index (χ1) is 7.65. The fraction of sp³-hybridized carbons (Fsp3) is 0.182. The largest absolute Gasteiger partial charge is 0.486 e. The molecule has 0 saturated heterocycles. The Kier molecular flexibility index (Phi) is 3.24. The molecule has 0 fully saturated rings. The van der Waals surface area contributed by atoms with Gasteiger partial charge in [0.25, 0.3) is 0 Å². The fourth-order valence-electron chi connectivity index (χ4n) is 1.23. The predicted octanol–water partition coefficient (Wildman–Crippen LogP) is 3.46. The van der Waals surface area contributed by atoms with Crippen LogP contribution in [0.5, 0.6) is 5.75 Å². The lowest BCUT2D eigenvalue weighted by atomic mass is 10.3. The molecule has 0 atom stereocenters.